The van der Waals surface area contributed by atoms with Gasteiger partial charge >= 0.3 is 5.97 Å². The molecular weight excluding hydrogens is 234 g/mol. The average molecular weight is 251 g/mol. The van der Waals surface area contributed by atoms with E-state index in [0.29, 0.717) is 0 Å². The second-order valence-corrected chi connectivity index (χ2v) is 4.09. The topological polar surface area (TPSA) is 75.6 Å². The van der Waals surface area contributed by atoms with E-state index in [2.05, 4.69) is 5.32 Å². The number of rotatable bonds is 6. The van der Waals surface area contributed by atoms with E-state index in [9.17, 15) is 9.59 Å². The molecule has 0 fully saturated rings. The summed E-state index contributed by atoms with van der Waals surface area (Å²) in [6, 6.07) is 7.70. The number of carboxylic acids is 1. The minimum absolute atomic E-state index is 0.133. The zero-order chi connectivity index (χ0) is 13.5. The molecule has 5 heteroatoms. The average Bonchev–Trinajstić information content (AvgIpc) is 2.29. The van der Waals surface area contributed by atoms with Gasteiger partial charge in [0.15, 0.2) is 0 Å². The Bertz CT molecular complexity index is 414. The van der Waals surface area contributed by atoms with Crippen molar-refractivity contribution >= 4 is 11.9 Å². The van der Waals surface area contributed by atoms with E-state index in [0.717, 1.165) is 11.1 Å². The highest BCUT2D eigenvalue weighted by Crippen LogP contribution is 2.12. The summed E-state index contributed by atoms with van der Waals surface area (Å²) in [5.74, 6) is -1.42. The van der Waals surface area contributed by atoms with E-state index in [4.69, 9.17) is 9.84 Å². The number of hydrogen-bond acceptors (Lipinski definition) is 3. The van der Waals surface area contributed by atoms with Crippen molar-refractivity contribution in [1.82, 2.24) is 5.32 Å². The molecule has 0 bridgehead atoms. The quantitative estimate of drug-likeness (QED) is 0.798. The van der Waals surface area contributed by atoms with E-state index >= 15 is 0 Å². The summed E-state index contributed by atoms with van der Waals surface area (Å²) in [4.78, 5) is 21.6. The normalized spacial score (nSPS) is 11.9. The summed E-state index contributed by atoms with van der Waals surface area (Å²) in [6.07, 6.45) is 0. The molecule has 0 radical (unpaired) electrons. The van der Waals surface area contributed by atoms with Crippen molar-refractivity contribution in [3.63, 3.8) is 0 Å². The van der Waals surface area contributed by atoms with Gasteiger partial charge < -0.3 is 15.2 Å². The molecule has 98 valence electrons. The Morgan fingerprint density at radius 3 is 2.44 bits per heavy atom. The van der Waals surface area contributed by atoms with Gasteiger partial charge in [-0.15, -0.1) is 0 Å². The van der Waals surface area contributed by atoms with Crippen molar-refractivity contribution in [2.45, 2.75) is 19.9 Å². The van der Waals surface area contributed by atoms with Gasteiger partial charge in [-0.2, -0.15) is 0 Å². The second kappa shape index (κ2) is 6.76. The Morgan fingerprint density at radius 1 is 1.28 bits per heavy atom. The number of amides is 1. The zero-order valence-electron chi connectivity index (χ0n) is 10.5. The van der Waals surface area contributed by atoms with Crippen molar-refractivity contribution in [3.05, 3.63) is 35.4 Å². The zero-order valence-corrected chi connectivity index (χ0v) is 10.5. The Balaban J connectivity index is 2.39. The highest BCUT2D eigenvalue weighted by atomic mass is 16.5. The summed E-state index contributed by atoms with van der Waals surface area (Å²) in [7, 11) is 0. The molecule has 18 heavy (non-hydrogen) atoms. The van der Waals surface area contributed by atoms with Crippen molar-refractivity contribution in [1.29, 1.82) is 0 Å². The first-order valence-electron chi connectivity index (χ1n) is 5.64. The molecule has 0 saturated carbocycles. The number of carboxylic acid groups (broad SMARTS) is 1. The fourth-order valence-corrected chi connectivity index (χ4v) is 1.45. The van der Waals surface area contributed by atoms with Gasteiger partial charge in [0.25, 0.3) is 0 Å². The van der Waals surface area contributed by atoms with Crippen LogP contribution >= 0.6 is 0 Å². The highest BCUT2D eigenvalue weighted by molar-refractivity contribution is 5.78. The minimum Gasteiger partial charge on any atom is -0.480 e. The van der Waals surface area contributed by atoms with Crippen LogP contribution < -0.4 is 5.32 Å². The van der Waals surface area contributed by atoms with Crippen LogP contribution in [0.4, 0.5) is 0 Å². The second-order valence-electron chi connectivity index (χ2n) is 4.09. The molecule has 5 nitrogen and oxygen atoms in total. The van der Waals surface area contributed by atoms with E-state index in [1.165, 1.54) is 0 Å². The molecule has 0 saturated heterocycles. The molecule has 1 aromatic rings. The van der Waals surface area contributed by atoms with E-state index in [1.807, 2.05) is 38.1 Å². The van der Waals surface area contributed by atoms with Crippen LogP contribution in [0.1, 0.15) is 24.1 Å². The molecule has 0 spiro atoms. The maximum atomic E-state index is 11.4. The van der Waals surface area contributed by atoms with Gasteiger partial charge in [0.05, 0.1) is 6.04 Å². The van der Waals surface area contributed by atoms with Gasteiger partial charge in [-0.3, -0.25) is 4.79 Å². The number of hydrogen-bond donors (Lipinski definition) is 2. The van der Waals surface area contributed by atoms with Crippen LogP contribution in [0.15, 0.2) is 24.3 Å². The van der Waals surface area contributed by atoms with Gasteiger partial charge in [-0.25, -0.2) is 4.79 Å². The molecule has 0 heterocycles. The standard InChI is InChI=1S/C13H17NO4/c1-9-3-5-11(6-4-9)10(2)14-12(15)7-18-8-13(16)17/h3-6,10H,7-8H2,1-2H3,(H,14,15)(H,16,17). The molecule has 1 aromatic carbocycles. The Hall–Kier alpha value is -1.88. The van der Waals surface area contributed by atoms with Crippen molar-refractivity contribution in [3.8, 4) is 0 Å². The number of carbonyl (C=O) groups excluding carboxylic acids is 1. The van der Waals surface area contributed by atoms with Gasteiger partial charge in [-0.1, -0.05) is 29.8 Å². The summed E-state index contributed by atoms with van der Waals surface area (Å²) >= 11 is 0. The third-order valence-electron chi connectivity index (χ3n) is 2.41. The molecule has 0 aliphatic heterocycles. The monoisotopic (exact) mass is 251 g/mol. The van der Waals surface area contributed by atoms with Crippen LogP contribution in [0.5, 0.6) is 0 Å². The van der Waals surface area contributed by atoms with Crippen LogP contribution in [0.2, 0.25) is 0 Å². The summed E-state index contributed by atoms with van der Waals surface area (Å²) in [5.41, 5.74) is 2.15. The van der Waals surface area contributed by atoms with Crippen LogP contribution in [0.3, 0.4) is 0 Å². The fourth-order valence-electron chi connectivity index (χ4n) is 1.45. The van der Waals surface area contributed by atoms with Gasteiger partial charge in [0, 0.05) is 0 Å². The lowest BCUT2D eigenvalue weighted by molar-refractivity contribution is -0.143. The lowest BCUT2D eigenvalue weighted by Gasteiger charge is -2.14. The smallest absolute Gasteiger partial charge is 0.329 e. The molecule has 0 aromatic heterocycles. The number of aryl methyl sites for hydroxylation is 1. The first-order valence-corrected chi connectivity index (χ1v) is 5.64. The Morgan fingerprint density at radius 2 is 1.89 bits per heavy atom. The Labute approximate surface area is 106 Å². The summed E-state index contributed by atoms with van der Waals surface area (Å²) in [5, 5.41) is 11.1. The van der Waals surface area contributed by atoms with Gasteiger partial charge in [0.2, 0.25) is 5.91 Å². The van der Waals surface area contributed by atoms with Crippen LogP contribution in [0.25, 0.3) is 0 Å². The molecular formula is C13H17NO4. The highest BCUT2D eigenvalue weighted by Gasteiger charge is 2.09. The van der Waals surface area contributed by atoms with E-state index < -0.39 is 12.6 Å². The molecule has 1 amide bonds. The summed E-state index contributed by atoms with van der Waals surface area (Å²) < 4.78 is 4.70. The third-order valence-corrected chi connectivity index (χ3v) is 2.41. The van der Waals surface area contributed by atoms with Crippen molar-refractivity contribution < 1.29 is 19.4 Å². The number of nitrogens with one attached hydrogen (secondary N) is 1. The van der Waals surface area contributed by atoms with Crippen LogP contribution in [0, 0.1) is 6.92 Å². The molecule has 0 aliphatic carbocycles. The van der Waals surface area contributed by atoms with Crippen molar-refractivity contribution in [2.75, 3.05) is 13.2 Å². The molecule has 1 atom stereocenters. The summed E-state index contributed by atoms with van der Waals surface area (Å²) in [6.45, 7) is 3.14. The molecule has 1 rings (SSSR count). The SMILES string of the molecule is Cc1ccc(C(C)NC(=O)COCC(=O)O)cc1. The van der Waals surface area contributed by atoms with E-state index in [1.54, 1.807) is 0 Å². The molecule has 0 aliphatic rings. The largest absolute Gasteiger partial charge is 0.480 e. The van der Waals surface area contributed by atoms with Crippen LogP contribution in [-0.4, -0.2) is 30.2 Å². The van der Waals surface area contributed by atoms with Crippen molar-refractivity contribution in [2.24, 2.45) is 0 Å². The first kappa shape index (κ1) is 14.2. The fraction of sp³-hybridized carbons (Fsp3) is 0.385. The maximum absolute atomic E-state index is 11.4. The third kappa shape index (κ3) is 4.97. The Kier molecular flexibility index (Phi) is 5.32. The van der Waals surface area contributed by atoms with Gasteiger partial charge in [-0.05, 0) is 19.4 Å². The number of carbonyl (C=O) groups is 2. The van der Waals surface area contributed by atoms with Gasteiger partial charge in [0.1, 0.15) is 13.2 Å². The predicted molar refractivity (Wildman–Crippen MR) is 66.2 cm³/mol. The predicted octanol–water partition coefficient (Wildman–Crippen LogP) is 1.27. The first-order chi connectivity index (χ1) is 8.49. The molecule has 2 N–H and O–H groups in total. The maximum Gasteiger partial charge on any atom is 0.329 e. The number of aliphatic carboxylic acids is 1. The lowest BCUT2D eigenvalue weighted by atomic mass is 10.1. The van der Waals surface area contributed by atoms with E-state index in [-0.39, 0.29) is 18.6 Å². The molecule has 1 unspecified atom stereocenters. The number of benzene rings is 1. The minimum atomic E-state index is -1.09. The number of ether oxygens (including phenoxy) is 1. The lowest BCUT2D eigenvalue weighted by Crippen LogP contribution is -2.30. The van der Waals surface area contributed by atoms with Crippen LogP contribution in [-0.2, 0) is 14.3 Å².